The number of nitrogens with zero attached hydrogens (tertiary/aromatic N) is 4. The van der Waals surface area contributed by atoms with Crippen molar-refractivity contribution in [1.29, 1.82) is 5.26 Å². The zero-order valence-corrected chi connectivity index (χ0v) is 14.8. The molecule has 1 aliphatic heterocycles. The van der Waals surface area contributed by atoms with Crippen LogP contribution in [0.1, 0.15) is 11.1 Å². The topological polar surface area (TPSA) is 77.3 Å². The van der Waals surface area contributed by atoms with Crippen molar-refractivity contribution in [1.82, 2.24) is 9.29 Å². The second kappa shape index (κ2) is 7.17. The van der Waals surface area contributed by atoms with Crippen molar-refractivity contribution in [3.05, 3.63) is 53.9 Å². The Kier molecular flexibility index (Phi) is 5.08. The summed E-state index contributed by atoms with van der Waals surface area (Å²) in [5, 5.41) is 8.80. The van der Waals surface area contributed by atoms with Crippen LogP contribution in [0.3, 0.4) is 0 Å². The van der Waals surface area contributed by atoms with E-state index >= 15 is 0 Å². The summed E-state index contributed by atoms with van der Waals surface area (Å²) in [5.41, 5.74) is -0.177. The zero-order valence-electron chi connectivity index (χ0n) is 14.0. The molecule has 1 fully saturated rings. The monoisotopic (exact) mass is 396 g/mol. The van der Waals surface area contributed by atoms with Gasteiger partial charge in [0.25, 0.3) is 0 Å². The summed E-state index contributed by atoms with van der Waals surface area (Å²) >= 11 is 0. The summed E-state index contributed by atoms with van der Waals surface area (Å²) in [4.78, 5) is 5.39. The number of sulfonamides is 1. The fraction of sp³-hybridized carbons (Fsp3) is 0.294. The highest BCUT2D eigenvalue weighted by molar-refractivity contribution is 7.89. The molecule has 0 aliphatic carbocycles. The molecule has 2 heterocycles. The maximum atomic E-state index is 12.8. The van der Waals surface area contributed by atoms with Crippen LogP contribution < -0.4 is 4.90 Å². The quantitative estimate of drug-likeness (QED) is 0.797. The van der Waals surface area contributed by atoms with Gasteiger partial charge in [0.15, 0.2) is 0 Å². The first kappa shape index (κ1) is 19.1. The van der Waals surface area contributed by atoms with E-state index in [-0.39, 0.29) is 31.1 Å². The third-order valence-electron chi connectivity index (χ3n) is 4.28. The van der Waals surface area contributed by atoms with Gasteiger partial charge >= 0.3 is 6.18 Å². The maximum Gasteiger partial charge on any atom is 0.417 e. The number of nitriles is 1. The lowest BCUT2D eigenvalue weighted by Crippen LogP contribution is -2.48. The molecule has 6 nitrogen and oxygen atoms in total. The Morgan fingerprint density at radius 2 is 1.67 bits per heavy atom. The molecule has 142 valence electrons. The smallest absolute Gasteiger partial charge is 0.368 e. The molecular formula is C17H15F3N4O2S. The lowest BCUT2D eigenvalue weighted by molar-refractivity contribution is -0.137. The van der Waals surface area contributed by atoms with Gasteiger partial charge in [0.2, 0.25) is 10.0 Å². The van der Waals surface area contributed by atoms with Crippen molar-refractivity contribution >= 4 is 15.7 Å². The fourth-order valence-corrected chi connectivity index (χ4v) is 4.22. The lowest BCUT2D eigenvalue weighted by atomic mass is 10.2. The van der Waals surface area contributed by atoms with Crippen LogP contribution in [0.15, 0.2) is 47.6 Å². The number of aromatic nitrogens is 1. The number of benzene rings is 1. The molecular weight excluding hydrogens is 381 g/mol. The molecule has 1 saturated heterocycles. The molecule has 2 aromatic rings. The van der Waals surface area contributed by atoms with Crippen LogP contribution in [0.25, 0.3) is 0 Å². The molecule has 0 radical (unpaired) electrons. The summed E-state index contributed by atoms with van der Waals surface area (Å²) in [5.74, 6) is 0. The third-order valence-corrected chi connectivity index (χ3v) is 6.19. The predicted molar refractivity (Wildman–Crippen MR) is 91.4 cm³/mol. The maximum absolute atomic E-state index is 12.8. The first-order valence-corrected chi connectivity index (χ1v) is 9.43. The van der Waals surface area contributed by atoms with E-state index < -0.39 is 21.8 Å². The second-order valence-electron chi connectivity index (χ2n) is 5.96. The average Bonchev–Trinajstić information content (AvgIpc) is 2.67. The summed E-state index contributed by atoms with van der Waals surface area (Å²) in [6.07, 6.45) is -2.39. The Hall–Kier alpha value is -2.64. The molecule has 1 aromatic heterocycles. The van der Waals surface area contributed by atoms with Crippen molar-refractivity contribution in [3.63, 3.8) is 0 Å². The zero-order chi connectivity index (χ0) is 19.7. The van der Waals surface area contributed by atoms with Gasteiger partial charge in [-0.2, -0.15) is 22.7 Å². The molecule has 3 rings (SSSR count). The Bertz CT molecular complexity index is 961. The number of rotatable bonds is 3. The van der Waals surface area contributed by atoms with Crippen LogP contribution >= 0.6 is 0 Å². The molecule has 0 N–H and O–H groups in total. The highest BCUT2D eigenvalue weighted by Gasteiger charge is 2.33. The van der Waals surface area contributed by atoms with Crippen LogP contribution in [-0.4, -0.2) is 43.9 Å². The molecule has 27 heavy (non-hydrogen) atoms. The van der Waals surface area contributed by atoms with Crippen molar-refractivity contribution in [2.75, 3.05) is 31.1 Å². The highest BCUT2D eigenvalue weighted by atomic mass is 32.2. The molecule has 0 spiro atoms. The normalized spacial score (nSPS) is 16.1. The van der Waals surface area contributed by atoms with Crippen molar-refractivity contribution in [3.8, 4) is 6.07 Å². The summed E-state index contributed by atoms with van der Waals surface area (Å²) in [7, 11) is -3.72. The Labute approximate surface area is 154 Å². The van der Waals surface area contributed by atoms with Crippen LogP contribution in [0.4, 0.5) is 18.9 Å². The molecule has 0 saturated carbocycles. The minimum Gasteiger partial charge on any atom is -0.368 e. The SMILES string of the molecule is N#Cc1ccc(S(=O)(=O)N2CCN(c3cncc(C(F)(F)F)c3)CC2)cc1. The standard InChI is InChI=1S/C17H15F3N4O2S/c18-17(19,20)14-9-15(12-22-11-14)23-5-7-24(8-6-23)27(25,26)16-3-1-13(10-21)2-4-16/h1-4,9,11-12H,5-8H2. The molecule has 0 unspecified atom stereocenters. The number of alkyl halides is 3. The number of halogens is 3. The van der Waals surface area contributed by atoms with Crippen LogP contribution in [0.5, 0.6) is 0 Å². The number of hydrogen-bond donors (Lipinski definition) is 0. The molecule has 10 heteroatoms. The van der Waals surface area contributed by atoms with E-state index in [1.165, 1.54) is 34.8 Å². The number of pyridine rings is 1. The van der Waals surface area contributed by atoms with E-state index in [0.29, 0.717) is 11.3 Å². The third kappa shape index (κ3) is 4.04. The van der Waals surface area contributed by atoms with Gasteiger partial charge in [0, 0.05) is 32.4 Å². The molecule has 0 bridgehead atoms. The van der Waals surface area contributed by atoms with E-state index in [9.17, 15) is 21.6 Å². The second-order valence-corrected chi connectivity index (χ2v) is 7.89. The Balaban J connectivity index is 1.72. The van der Waals surface area contributed by atoms with Crippen LogP contribution in [0.2, 0.25) is 0 Å². The van der Waals surface area contributed by atoms with E-state index in [1.54, 1.807) is 4.90 Å². The van der Waals surface area contributed by atoms with E-state index in [2.05, 4.69) is 4.98 Å². The average molecular weight is 396 g/mol. The minimum atomic E-state index is -4.48. The van der Waals surface area contributed by atoms with Crippen molar-refractivity contribution in [2.45, 2.75) is 11.1 Å². The Morgan fingerprint density at radius 3 is 2.22 bits per heavy atom. The summed E-state index contributed by atoms with van der Waals surface area (Å²) < 4.78 is 65.1. The lowest BCUT2D eigenvalue weighted by Gasteiger charge is -2.35. The molecule has 1 aliphatic rings. The highest BCUT2D eigenvalue weighted by Crippen LogP contribution is 2.31. The van der Waals surface area contributed by atoms with Gasteiger partial charge in [-0.1, -0.05) is 0 Å². The van der Waals surface area contributed by atoms with Gasteiger partial charge in [0.1, 0.15) is 0 Å². The van der Waals surface area contributed by atoms with Crippen molar-refractivity contribution in [2.24, 2.45) is 0 Å². The molecule has 1 aromatic carbocycles. The van der Waals surface area contributed by atoms with Gasteiger partial charge in [-0.25, -0.2) is 8.42 Å². The predicted octanol–water partition coefficient (Wildman–Crippen LogP) is 2.48. The number of hydrogen-bond acceptors (Lipinski definition) is 5. The van der Waals surface area contributed by atoms with Gasteiger partial charge in [-0.05, 0) is 30.3 Å². The largest absolute Gasteiger partial charge is 0.417 e. The first-order valence-electron chi connectivity index (χ1n) is 7.99. The van der Waals surface area contributed by atoms with Gasteiger partial charge in [-0.3, -0.25) is 4.98 Å². The van der Waals surface area contributed by atoms with Gasteiger partial charge in [-0.15, -0.1) is 0 Å². The van der Waals surface area contributed by atoms with E-state index in [0.717, 1.165) is 12.3 Å². The summed E-state index contributed by atoms with van der Waals surface area (Å²) in [6.45, 7) is 0.772. The fourth-order valence-electron chi connectivity index (χ4n) is 2.79. The number of piperazine rings is 1. The van der Waals surface area contributed by atoms with Crippen LogP contribution in [0, 0.1) is 11.3 Å². The number of anilines is 1. The van der Waals surface area contributed by atoms with Crippen LogP contribution in [-0.2, 0) is 16.2 Å². The van der Waals surface area contributed by atoms with E-state index in [4.69, 9.17) is 5.26 Å². The van der Waals surface area contributed by atoms with E-state index in [1.807, 2.05) is 6.07 Å². The van der Waals surface area contributed by atoms with Gasteiger partial charge in [0.05, 0.1) is 34.0 Å². The minimum absolute atomic E-state index is 0.0793. The molecule has 0 atom stereocenters. The molecule has 0 amide bonds. The van der Waals surface area contributed by atoms with Crippen molar-refractivity contribution < 1.29 is 21.6 Å². The van der Waals surface area contributed by atoms with Gasteiger partial charge < -0.3 is 4.90 Å². The first-order chi connectivity index (χ1) is 12.7. The summed E-state index contributed by atoms with van der Waals surface area (Å²) in [6, 6.07) is 8.53. The Morgan fingerprint density at radius 1 is 1.04 bits per heavy atom.